The summed E-state index contributed by atoms with van der Waals surface area (Å²) in [4.78, 5) is 23.0. The number of anilines is 1. The average molecular weight is 338 g/mol. The van der Waals surface area contributed by atoms with Crippen molar-refractivity contribution in [2.45, 2.75) is 11.2 Å². The summed E-state index contributed by atoms with van der Waals surface area (Å²) >= 11 is 8.88. The first-order valence-electron chi connectivity index (χ1n) is 4.98. The molecule has 1 heterocycles. The molecule has 1 saturated heterocycles. The Hall–Kier alpha value is -1.21. The number of rotatable bonds is 2. The average Bonchev–Trinajstić information content (AvgIpc) is 2.61. The van der Waals surface area contributed by atoms with Crippen LogP contribution in [-0.2, 0) is 4.79 Å². The lowest BCUT2D eigenvalue weighted by Crippen LogP contribution is -2.25. The van der Waals surface area contributed by atoms with Crippen LogP contribution in [0.2, 0.25) is 5.02 Å². The summed E-state index contributed by atoms with van der Waals surface area (Å²) < 4.78 is 13.2. The highest BCUT2D eigenvalue weighted by molar-refractivity contribution is 9.09. The summed E-state index contributed by atoms with van der Waals surface area (Å²) in [6.07, 6.45) is 0.242. The molecule has 0 saturated carbocycles. The monoisotopic (exact) mass is 336 g/mol. The van der Waals surface area contributed by atoms with Crippen LogP contribution in [0, 0.1) is 15.9 Å². The minimum Gasteiger partial charge on any atom is -0.305 e. The third kappa shape index (κ3) is 2.32. The van der Waals surface area contributed by atoms with Gasteiger partial charge in [-0.2, -0.15) is 0 Å². The van der Waals surface area contributed by atoms with Gasteiger partial charge in [-0.15, -0.1) is 0 Å². The van der Waals surface area contributed by atoms with Gasteiger partial charge < -0.3 is 4.90 Å². The van der Waals surface area contributed by atoms with Gasteiger partial charge in [0.2, 0.25) is 5.91 Å². The van der Waals surface area contributed by atoms with E-state index in [1.807, 2.05) is 0 Å². The van der Waals surface area contributed by atoms with E-state index in [1.165, 1.54) is 4.90 Å². The van der Waals surface area contributed by atoms with Gasteiger partial charge >= 0.3 is 0 Å². The molecule has 8 heteroatoms. The molecule has 1 atom stereocenters. The highest BCUT2D eigenvalue weighted by atomic mass is 79.9. The minimum absolute atomic E-state index is 0.0263. The highest BCUT2D eigenvalue weighted by Gasteiger charge is 2.33. The fraction of sp³-hybridized carbons (Fsp3) is 0.300. The first-order valence-corrected chi connectivity index (χ1v) is 6.27. The Labute approximate surface area is 115 Å². The van der Waals surface area contributed by atoms with E-state index in [4.69, 9.17) is 11.6 Å². The number of benzene rings is 1. The molecule has 1 aromatic carbocycles. The molecule has 1 aliphatic heterocycles. The van der Waals surface area contributed by atoms with Crippen LogP contribution in [0.5, 0.6) is 0 Å². The first kappa shape index (κ1) is 13.2. The molecule has 1 fully saturated rings. The maximum absolute atomic E-state index is 13.2. The van der Waals surface area contributed by atoms with Crippen molar-refractivity contribution in [1.29, 1.82) is 0 Å². The van der Waals surface area contributed by atoms with E-state index in [2.05, 4.69) is 15.9 Å². The number of hydrogen-bond donors (Lipinski definition) is 0. The maximum atomic E-state index is 13.2. The van der Waals surface area contributed by atoms with Crippen molar-refractivity contribution in [2.24, 2.45) is 0 Å². The quantitative estimate of drug-likeness (QED) is 0.473. The van der Waals surface area contributed by atoms with Gasteiger partial charge in [0.05, 0.1) is 16.0 Å². The van der Waals surface area contributed by atoms with E-state index in [0.29, 0.717) is 6.54 Å². The summed E-state index contributed by atoms with van der Waals surface area (Å²) in [5.41, 5.74) is -0.440. The van der Waals surface area contributed by atoms with Gasteiger partial charge in [0.25, 0.3) is 5.69 Å². The Kier molecular flexibility index (Phi) is 3.54. The molecule has 18 heavy (non-hydrogen) atoms. The van der Waals surface area contributed by atoms with Crippen LogP contribution in [0.15, 0.2) is 12.1 Å². The standard InChI is InChI=1S/C10H7BrClFN2O3/c11-5-1-10(16)14(4-5)8-2-6(12)7(13)3-9(8)15(17)18/h2-3,5H,1,4H2. The van der Waals surface area contributed by atoms with Crippen LogP contribution in [-0.4, -0.2) is 22.2 Å². The summed E-state index contributed by atoms with van der Waals surface area (Å²) in [6.45, 7) is 0.293. The molecule has 1 unspecified atom stereocenters. The van der Waals surface area contributed by atoms with E-state index in [1.54, 1.807) is 0 Å². The number of nitro groups is 1. The second-order valence-corrected chi connectivity index (χ2v) is 5.52. The van der Waals surface area contributed by atoms with Gasteiger partial charge in [0.15, 0.2) is 0 Å². The Morgan fingerprint density at radius 3 is 2.72 bits per heavy atom. The van der Waals surface area contributed by atoms with Crippen LogP contribution in [0.1, 0.15) is 6.42 Å². The van der Waals surface area contributed by atoms with Gasteiger partial charge in [-0.1, -0.05) is 27.5 Å². The van der Waals surface area contributed by atoms with Crippen molar-refractivity contribution in [3.8, 4) is 0 Å². The van der Waals surface area contributed by atoms with Gasteiger partial charge in [-0.25, -0.2) is 4.39 Å². The fourth-order valence-corrected chi connectivity index (χ4v) is 2.51. The maximum Gasteiger partial charge on any atom is 0.295 e. The zero-order chi connectivity index (χ0) is 13.4. The molecule has 0 aromatic heterocycles. The van der Waals surface area contributed by atoms with Crippen molar-refractivity contribution in [1.82, 2.24) is 0 Å². The van der Waals surface area contributed by atoms with Gasteiger partial charge in [-0.3, -0.25) is 14.9 Å². The predicted molar refractivity (Wildman–Crippen MR) is 67.7 cm³/mol. The lowest BCUT2D eigenvalue weighted by Gasteiger charge is -2.16. The number of hydrogen-bond acceptors (Lipinski definition) is 3. The van der Waals surface area contributed by atoms with E-state index in [0.717, 1.165) is 12.1 Å². The van der Waals surface area contributed by atoms with Crippen molar-refractivity contribution >= 4 is 44.8 Å². The van der Waals surface area contributed by atoms with E-state index in [-0.39, 0.29) is 27.9 Å². The van der Waals surface area contributed by atoms with Crippen LogP contribution < -0.4 is 4.90 Å². The summed E-state index contributed by atoms with van der Waals surface area (Å²) in [6, 6.07) is 1.84. The number of nitro benzene ring substituents is 1. The van der Waals surface area contributed by atoms with Crippen LogP contribution in [0.4, 0.5) is 15.8 Å². The van der Waals surface area contributed by atoms with Gasteiger partial charge in [0.1, 0.15) is 11.5 Å². The SMILES string of the molecule is O=C1CC(Br)CN1c1cc(Cl)c(F)cc1[N+](=O)[O-]. The van der Waals surface area contributed by atoms with E-state index < -0.39 is 16.4 Å². The van der Waals surface area contributed by atoms with Crippen LogP contribution in [0.25, 0.3) is 0 Å². The van der Waals surface area contributed by atoms with Gasteiger partial charge in [0, 0.05) is 17.8 Å². The second kappa shape index (κ2) is 4.81. The molecule has 0 bridgehead atoms. The van der Waals surface area contributed by atoms with Crippen LogP contribution in [0.3, 0.4) is 0 Å². The Balaban J connectivity index is 2.52. The lowest BCUT2D eigenvalue weighted by molar-refractivity contribution is -0.384. The Morgan fingerprint density at radius 2 is 2.22 bits per heavy atom. The zero-order valence-electron chi connectivity index (χ0n) is 8.90. The molecule has 0 spiro atoms. The molecule has 0 radical (unpaired) electrons. The van der Waals surface area contributed by atoms with Crippen molar-refractivity contribution in [2.75, 3.05) is 11.4 Å². The summed E-state index contributed by atoms with van der Waals surface area (Å²) in [5.74, 6) is -1.14. The van der Waals surface area contributed by atoms with E-state index in [9.17, 15) is 19.3 Å². The van der Waals surface area contributed by atoms with Crippen molar-refractivity contribution in [3.05, 3.63) is 33.1 Å². The first-order chi connectivity index (χ1) is 8.40. The lowest BCUT2D eigenvalue weighted by atomic mass is 10.2. The molecule has 1 amide bonds. The number of carbonyl (C=O) groups excluding carboxylic acids is 1. The number of nitrogens with zero attached hydrogens (tertiary/aromatic N) is 2. The number of carbonyl (C=O) groups is 1. The molecule has 1 aliphatic rings. The number of halogens is 3. The predicted octanol–water partition coefficient (Wildman–Crippen LogP) is 2.89. The minimum atomic E-state index is -0.880. The topological polar surface area (TPSA) is 63.5 Å². The summed E-state index contributed by atoms with van der Waals surface area (Å²) in [7, 11) is 0. The van der Waals surface area contributed by atoms with Crippen LogP contribution >= 0.6 is 27.5 Å². The van der Waals surface area contributed by atoms with E-state index >= 15 is 0 Å². The Morgan fingerprint density at radius 1 is 1.56 bits per heavy atom. The smallest absolute Gasteiger partial charge is 0.295 e. The molecular formula is C10H7BrClFN2O3. The summed E-state index contributed by atoms with van der Waals surface area (Å²) in [5, 5.41) is 10.6. The second-order valence-electron chi connectivity index (χ2n) is 3.82. The van der Waals surface area contributed by atoms with Crippen molar-refractivity contribution in [3.63, 3.8) is 0 Å². The third-order valence-corrected chi connectivity index (χ3v) is 3.49. The zero-order valence-corrected chi connectivity index (χ0v) is 11.2. The molecule has 0 aliphatic carbocycles. The fourth-order valence-electron chi connectivity index (χ4n) is 1.79. The largest absolute Gasteiger partial charge is 0.305 e. The highest BCUT2D eigenvalue weighted by Crippen LogP contribution is 2.36. The molecule has 96 valence electrons. The number of alkyl halides is 1. The molecule has 5 nitrogen and oxygen atoms in total. The molecular weight excluding hydrogens is 330 g/mol. The molecule has 1 aromatic rings. The van der Waals surface area contributed by atoms with Gasteiger partial charge in [-0.05, 0) is 6.07 Å². The Bertz CT molecular complexity index is 540. The molecule has 2 rings (SSSR count). The molecule has 0 N–H and O–H groups in total. The normalized spacial score (nSPS) is 19.4. The van der Waals surface area contributed by atoms with Crippen molar-refractivity contribution < 1.29 is 14.1 Å². The third-order valence-electron chi connectivity index (χ3n) is 2.58. The number of amides is 1.